The van der Waals surface area contributed by atoms with Crippen LogP contribution in [0.25, 0.3) is 0 Å². The minimum absolute atomic E-state index is 0.142. The van der Waals surface area contributed by atoms with Gasteiger partial charge in [0.2, 0.25) is 5.91 Å². The minimum atomic E-state index is -0.347. The summed E-state index contributed by atoms with van der Waals surface area (Å²) in [5.74, 6) is -0.160. The van der Waals surface area contributed by atoms with Gasteiger partial charge in [0.15, 0.2) is 0 Å². The molecule has 0 aliphatic carbocycles. The van der Waals surface area contributed by atoms with Gasteiger partial charge in [0.25, 0.3) is 0 Å². The number of nitrogens with one attached hydrogen (secondary N) is 1. The maximum absolute atomic E-state index is 13.1. The average molecular weight is 263 g/mol. The molecule has 0 saturated carbocycles. The SMILES string of the molecule is O=C1CC2(CCNCC2)CN1Cc1cncc(F)c1. The van der Waals surface area contributed by atoms with Gasteiger partial charge in [-0.05, 0) is 43.0 Å². The second-order valence-electron chi connectivity index (χ2n) is 5.69. The molecule has 1 aromatic rings. The van der Waals surface area contributed by atoms with Crippen LogP contribution in [0.2, 0.25) is 0 Å². The summed E-state index contributed by atoms with van der Waals surface area (Å²) in [4.78, 5) is 17.8. The fourth-order valence-corrected chi connectivity index (χ4v) is 3.18. The van der Waals surface area contributed by atoms with E-state index >= 15 is 0 Å². The number of halogens is 1. The maximum Gasteiger partial charge on any atom is 0.223 e. The molecule has 3 rings (SSSR count). The molecule has 0 unspecified atom stereocenters. The van der Waals surface area contributed by atoms with Gasteiger partial charge in [0, 0.05) is 25.7 Å². The molecule has 19 heavy (non-hydrogen) atoms. The Labute approximate surface area is 112 Å². The summed E-state index contributed by atoms with van der Waals surface area (Å²) in [7, 11) is 0. The highest BCUT2D eigenvalue weighted by molar-refractivity contribution is 5.79. The number of hydrogen-bond donors (Lipinski definition) is 1. The number of carbonyl (C=O) groups excluding carboxylic acids is 1. The minimum Gasteiger partial charge on any atom is -0.338 e. The van der Waals surface area contributed by atoms with Gasteiger partial charge in [-0.25, -0.2) is 4.39 Å². The number of amides is 1. The molecule has 102 valence electrons. The van der Waals surface area contributed by atoms with E-state index in [1.165, 1.54) is 12.3 Å². The van der Waals surface area contributed by atoms with Gasteiger partial charge < -0.3 is 10.2 Å². The number of aromatic nitrogens is 1. The number of nitrogens with zero attached hydrogens (tertiary/aromatic N) is 2. The molecule has 0 aromatic carbocycles. The third-order valence-corrected chi connectivity index (χ3v) is 4.20. The molecule has 2 aliphatic heterocycles. The largest absolute Gasteiger partial charge is 0.338 e. The van der Waals surface area contributed by atoms with E-state index in [1.54, 1.807) is 6.20 Å². The van der Waals surface area contributed by atoms with Gasteiger partial charge in [0.05, 0.1) is 6.20 Å². The lowest BCUT2D eigenvalue weighted by molar-refractivity contribution is -0.128. The van der Waals surface area contributed by atoms with E-state index in [1.807, 2.05) is 4.90 Å². The quantitative estimate of drug-likeness (QED) is 0.875. The molecule has 4 nitrogen and oxygen atoms in total. The fraction of sp³-hybridized carbons (Fsp3) is 0.571. The molecule has 2 saturated heterocycles. The van der Waals surface area contributed by atoms with Crippen molar-refractivity contribution < 1.29 is 9.18 Å². The Bertz CT molecular complexity index is 485. The number of likely N-dealkylation sites (tertiary alicyclic amines) is 1. The first-order valence-electron chi connectivity index (χ1n) is 6.75. The van der Waals surface area contributed by atoms with Crippen LogP contribution in [0.1, 0.15) is 24.8 Å². The smallest absolute Gasteiger partial charge is 0.223 e. The molecule has 0 bridgehead atoms. The van der Waals surface area contributed by atoms with Crippen LogP contribution in [-0.4, -0.2) is 35.4 Å². The van der Waals surface area contributed by atoms with Gasteiger partial charge in [-0.1, -0.05) is 0 Å². The first kappa shape index (κ1) is 12.5. The van der Waals surface area contributed by atoms with Crippen LogP contribution in [0.15, 0.2) is 18.5 Å². The molecule has 5 heteroatoms. The Morgan fingerprint density at radius 1 is 1.37 bits per heavy atom. The summed E-state index contributed by atoms with van der Waals surface area (Å²) >= 11 is 0. The summed E-state index contributed by atoms with van der Waals surface area (Å²) in [6.45, 7) is 3.24. The van der Waals surface area contributed by atoms with Gasteiger partial charge in [-0.15, -0.1) is 0 Å². The third-order valence-electron chi connectivity index (χ3n) is 4.20. The molecule has 2 fully saturated rings. The summed E-state index contributed by atoms with van der Waals surface area (Å²) in [6.07, 6.45) is 5.55. The van der Waals surface area contributed by atoms with E-state index in [0.717, 1.165) is 38.0 Å². The van der Waals surface area contributed by atoms with Crippen LogP contribution in [0, 0.1) is 11.2 Å². The predicted molar refractivity (Wildman–Crippen MR) is 68.8 cm³/mol. The third kappa shape index (κ3) is 2.61. The Hall–Kier alpha value is -1.49. The summed E-state index contributed by atoms with van der Waals surface area (Å²) in [6, 6.07) is 1.45. The van der Waals surface area contributed by atoms with Gasteiger partial charge in [-0.2, -0.15) is 0 Å². The Morgan fingerprint density at radius 2 is 2.16 bits per heavy atom. The zero-order valence-corrected chi connectivity index (χ0v) is 10.9. The lowest BCUT2D eigenvalue weighted by atomic mass is 9.78. The van der Waals surface area contributed by atoms with Crippen LogP contribution >= 0.6 is 0 Å². The lowest BCUT2D eigenvalue weighted by Crippen LogP contribution is -2.38. The van der Waals surface area contributed by atoms with E-state index in [9.17, 15) is 9.18 Å². The summed E-state index contributed by atoms with van der Waals surface area (Å²) in [5.41, 5.74) is 0.905. The number of piperidine rings is 1. The van der Waals surface area contributed by atoms with Crippen molar-refractivity contribution in [2.24, 2.45) is 5.41 Å². The van der Waals surface area contributed by atoms with Crippen LogP contribution in [0.3, 0.4) is 0 Å². The van der Waals surface area contributed by atoms with E-state index < -0.39 is 0 Å². The van der Waals surface area contributed by atoms with Crippen molar-refractivity contribution in [3.63, 3.8) is 0 Å². The lowest BCUT2D eigenvalue weighted by Gasteiger charge is -2.33. The molecule has 2 aliphatic rings. The first-order valence-corrected chi connectivity index (χ1v) is 6.75. The zero-order valence-electron chi connectivity index (χ0n) is 10.9. The molecular weight excluding hydrogens is 245 g/mol. The van der Waals surface area contributed by atoms with Crippen molar-refractivity contribution in [3.8, 4) is 0 Å². The number of hydrogen-bond acceptors (Lipinski definition) is 3. The first-order chi connectivity index (χ1) is 9.17. The highest BCUT2D eigenvalue weighted by Gasteiger charge is 2.43. The molecule has 1 aromatic heterocycles. The number of rotatable bonds is 2. The normalized spacial score (nSPS) is 22.2. The van der Waals surface area contributed by atoms with Crippen molar-refractivity contribution in [2.75, 3.05) is 19.6 Å². The standard InChI is InChI=1S/C14H18FN3O/c15-12-5-11(7-17-8-12)9-18-10-14(6-13(18)19)1-3-16-4-2-14/h5,7-8,16H,1-4,6,9-10H2. The maximum atomic E-state index is 13.1. The van der Waals surface area contributed by atoms with Crippen molar-refractivity contribution >= 4 is 5.91 Å². The van der Waals surface area contributed by atoms with Crippen molar-refractivity contribution in [2.45, 2.75) is 25.8 Å². The topological polar surface area (TPSA) is 45.2 Å². The highest BCUT2D eigenvalue weighted by Crippen LogP contribution is 2.39. The van der Waals surface area contributed by atoms with Crippen LogP contribution < -0.4 is 5.32 Å². The van der Waals surface area contributed by atoms with Crippen LogP contribution in [-0.2, 0) is 11.3 Å². The van der Waals surface area contributed by atoms with Crippen LogP contribution in [0.4, 0.5) is 4.39 Å². The molecule has 3 heterocycles. The van der Waals surface area contributed by atoms with Crippen molar-refractivity contribution in [3.05, 3.63) is 29.8 Å². The monoisotopic (exact) mass is 263 g/mol. The Morgan fingerprint density at radius 3 is 2.89 bits per heavy atom. The summed E-state index contributed by atoms with van der Waals surface area (Å²) in [5, 5.41) is 3.33. The average Bonchev–Trinajstić information content (AvgIpc) is 2.66. The fourth-order valence-electron chi connectivity index (χ4n) is 3.18. The molecule has 0 radical (unpaired) electrons. The molecule has 1 spiro atoms. The number of pyridine rings is 1. The molecule has 1 amide bonds. The zero-order chi connectivity index (χ0) is 13.3. The van der Waals surface area contributed by atoms with Gasteiger partial charge in [-0.3, -0.25) is 9.78 Å². The summed E-state index contributed by atoms with van der Waals surface area (Å²) < 4.78 is 13.1. The second-order valence-corrected chi connectivity index (χ2v) is 5.69. The van der Waals surface area contributed by atoms with Crippen molar-refractivity contribution in [1.29, 1.82) is 0 Å². The Balaban J connectivity index is 1.70. The van der Waals surface area contributed by atoms with Gasteiger partial charge in [0.1, 0.15) is 5.82 Å². The van der Waals surface area contributed by atoms with E-state index in [-0.39, 0.29) is 17.1 Å². The van der Waals surface area contributed by atoms with E-state index in [0.29, 0.717) is 13.0 Å². The highest BCUT2D eigenvalue weighted by atomic mass is 19.1. The van der Waals surface area contributed by atoms with E-state index in [2.05, 4.69) is 10.3 Å². The van der Waals surface area contributed by atoms with Gasteiger partial charge >= 0.3 is 0 Å². The Kier molecular flexibility index (Phi) is 3.22. The molecule has 1 N–H and O–H groups in total. The van der Waals surface area contributed by atoms with Crippen LogP contribution in [0.5, 0.6) is 0 Å². The van der Waals surface area contributed by atoms with E-state index in [4.69, 9.17) is 0 Å². The number of carbonyl (C=O) groups is 1. The van der Waals surface area contributed by atoms with Crippen molar-refractivity contribution in [1.82, 2.24) is 15.2 Å². The molecule has 0 atom stereocenters. The molecular formula is C14H18FN3O. The second kappa shape index (κ2) is 4.89. The predicted octanol–water partition coefficient (Wildman–Crippen LogP) is 1.32.